The van der Waals surface area contributed by atoms with Crippen LogP contribution in [0, 0.1) is 5.82 Å². The molecule has 0 aliphatic heterocycles. The number of aromatic nitrogens is 4. The van der Waals surface area contributed by atoms with E-state index in [9.17, 15) is 4.39 Å². The van der Waals surface area contributed by atoms with E-state index in [2.05, 4.69) is 21.9 Å². The molecule has 2 heterocycles. The molecule has 0 spiro atoms. The fraction of sp³-hybridized carbons (Fsp3) is 0.188. The number of nitrogen functional groups attached to an aromatic ring is 1. The highest BCUT2D eigenvalue weighted by Crippen LogP contribution is 2.23. The number of hydrogen-bond acceptors (Lipinski definition) is 4. The Labute approximate surface area is 127 Å². The summed E-state index contributed by atoms with van der Waals surface area (Å²) in [6, 6.07) is 7.89. The van der Waals surface area contributed by atoms with Crippen molar-refractivity contribution in [3.8, 4) is 22.9 Å². The summed E-state index contributed by atoms with van der Waals surface area (Å²) in [4.78, 5) is 13.1. The zero-order chi connectivity index (χ0) is 15.5. The van der Waals surface area contributed by atoms with E-state index in [0.717, 1.165) is 24.2 Å². The van der Waals surface area contributed by atoms with Crippen LogP contribution in [-0.2, 0) is 6.54 Å². The third kappa shape index (κ3) is 2.81. The molecule has 3 aromatic rings. The summed E-state index contributed by atoms with van der Waals surface area (Å²) in [7, 11) is 0. The highest BCUT2D eigenvalue weighted by molar-refractivity contribution is 5.62. The second-order valence-corrected chi connectivity index (χ2v) is 4.96. The first-order valence-corrected chi connectivity index (χ1v) is 7.09. The zero-order valence-electron chi connectivity index (χ0n) is 12.2. The number of benzene rings is 1. The van der Waals surface area contributed by atoms with Gasteiger partial charge in [0.05, 0.1) is 5.69 Å². The second kappa shape index (κ2) is 5.93. The van der Waals surface area contributed by atoms with Crippen LogP contribution in [0.2, 0.25) is 0 Å². The Balaban J connectivity index is 2.07. The predicted molar refractivity (Wildman–Crippen MR) is 83.4 cm³/mol. The van der Waals surface area contributed by atoms with Crippen LogP contribution < -0.4 is 5.73 Å². The third-order valence-electron chi connectivity index (χ3n) is 3.26. The van der Waals surface area contributed by atoms with Crippen molar-refractivity contribution in [2.24, 2.45) is 0 Å². The van der Waals surface area contributed by atoms with Gasteiger partial charge in [-0.2, -0.15) is 0 Å². The maximum atomic E-state index is 13.1. The SMILES string of the molecule is CCCn1cc(-c2ccc(F)cc2)nc1-c1nccc(N)n1. The highest BCUT2D eigenvalue weighted by atomic mass is 19.1. The van der Waals surface area contributed by atoms with Crippen molar-refractivity contribution in [1.29, 1.82) is 0 Å². The number of hydrogen-bond donors (Lipinski definition) is 1. The monoisotopic (exact) mass is 297 g/mol. The van der Waals surface area contributed by atoms with Gasteiger partial charge in [0.2, 0.25) is 0 Å². The molecule has 2 N–H and O–H groups in total. The van der Waals surface area contributed by atoms with Gasteiger partial charge >= 0.3 is 0 Å². The molecule has 0 saturated heterocycles. The number of anilines is 1. The van der Waals surface area contributed by atoms with Gasteiger partial charge in [0.25, 0.3) is 0 Å². The Bertz CT molecular complexity index is 779. The van der Waals surface area contributed by atoms with Gasteiger partial charge in [-0.1, -0.05) is 6.92 Å². The summed E-state index contributed by atoms with van der Waals surface area (Å²) in [6.45, 7) is 2.88. The van der Waals surface area contributed by atoms with Crippen molar-refractivity contribution in [2.75, 3.05) is 5.73 Å². The maximum absolute atomic E-state index is 13.1. The molecule has 0 radical (unpaired) electrons. The van der Waals surface area contributed by atoms with E-state index in [-0.39, 0.29) is 5.82 Å². The summed E-state index contributed by atoms with van der Waals surface area (Å²) in [5.41, 5.74) is 7.33. The number of rotatable bonds is 4. The van der Waals surface area contributed by atoms with Crippen LogP contribution in [-0.4, -0.2) is 19.5 Å². The minimum Gasteiger partial charge on any atom is -0.384 e. The van der Waals surface area contributed by atoms with Gasteiger partial charge in [0, 0.05) is 24.5 Å². The summed E-state index contributed by atoms with van der Waals surface area (Å²) in [5.74, 6) is 1.28. The van der Waals surface area contributed by atoms with Crippen molar-refractivity contribution >= 4 is 5.82 Å². The second-order valence-electron chi connectivity index (χ2n) is 4.96. The van der Waals surface area contributed by atoms with Crippen LogP contribution in [0.5, 0.6) is 0 Å². The first-order chi connectivity index (χ1) is 10.7. The Morgan fingerprint density at radius 1 is 1.14 bits per heavy atom. The number of aryl methyl sites for hydroxylation is 1. The van der Waals surface area contributed by atoms with E-state index in [1.165, 1.54) is 12.1 Å². The lowest BCUT2D eigenvalue weighted by Crippen LogP contribution is -2.02. The van der Waals surface area contributed by atoms with E-state index < -0.39 is 0 Å². The molecule has 5 nitrogen and oxygen atoms in total. The van der Waals surface area contributed by atoms with Gasteiger partial charge in [-0.15, -0.1) is 0 Å². The van der Waals surface area contributed by atoms with Crippen LogP contribution in [0.15, 0.2) is 42.7 Å². The maximum Gasteiger partial charge on any atom is 0.197 e. The fourth-order valence-corrected chi connectivity index (χ4v) is 2.25. The smallest absolute Gasteiger partial charge is 0.197 e. The lowest BCUT2D eigenvalue weighted by molar-refractivity contribution is 0.628. The van der Waals surface area contributed by atoms with E-state index >= 15 is 0 Å². The van der Waals surface area contributed by atoms with Crippen LogP contribution in [0.4, 0.5) is 10.2 Å². The lowest BCUT2D eigenvalue weighted by Gasteiger charge is -2.04. The number of halogens is 1. The molecule has 0 amide bonds. The van der Waals surface area contributed by atoms with Gasteiger partial charge in [0.1, 0.15) is 11.6 Å². The van der Waals surface area contributed by atoms with Crippen LogP contribution in [0.1, 0.15) is 13.3 Å². The topological polar surface area (TPSA) is 69.6 Å². The average Bonchev–Trinajstić information content (AvgIpc) is 2.92. The molecule has 1 aromatic carbocycles. The molecule has 112 valence electrons. The molecule has 0 aliphatic carbocycles. The molecule has 0 fully saturated rings. The van der Waals surface area contributed by atoms with E-state index in [0.29, 0.717) is 17.5 Å². The zero-order valence-corrected chi connectivity index (χ0v) is 12.2. The Kier molecular flexibility index (Phi) is 3.82. The first kappa shape index (κ1) is 14.2. The molecule has 0 atom stereocenters. The Hall–Kier alpha value is -2.76. The average molecular weight is 297 g/mol. The van der Waals surface area contributed by atoms with Gasteiger partial charge < -0.3 is 10.3 Å². The molecule has 0 saturated carbocycles. The Morgan fingerprint density at radius 3 is 2.59 bits per heavy atom. The number of imidazole rings is 1. The molecular formula is C16H16FN5. The first-order valence-electron chi connectivity index (χ1n) is 7.09. The quantitative estimate of drug-likeness (QED) is 0.803. The van der Waals surface area contributed by atoms with Crippen LogP contribution in [0.3, 0.4) is 0 Å². The molecule has 6 heteroatoms. The standard InChI is InChI=1S/C16H16FN5/c1-2-9-22-10-13(11-3-5-12(17)6-4-11)20-16(22)15-19-8-7-14(18)21-15/h3-8,10H,2,9H2,1H3,(H2,18,19,21). The molecule has 0 aliphatic rings. The van der Waals surface area contributed by atoms with Crippen molar-refractivity contribution in [3.05, 3.63) is 48.5 Å². The number of nitrogens with two attached hydrogens (primary N) is 1. The number of nitrogens with zero attached hydrogens (tertiary/aromatic N) is 4. The molecule has 0 unspecified atom stereocenters. The van der Waals surface area contributed by atoms with E-state index in [1.807, 2.05) is 10.8 Å². The molecule has 2 aromatic heterocycles. The Morgan fingerprint density at radius 2 is 1.91 bits per heavy atom. The van der Waals surface area contributed by atoms with Gasteiger partial charge in [-0.05, 0) is 36.8 Å². The van der Waals surface area contributed by atoms with Crippen molar-refractivity contribution in [3.63, 3.8) is 0 Å². The van der Waals surface area contributed by atoms with Crippen molar-refractivity contribution < 1.29 is 4.39 Å². The minimum absolute atomic E-state index is 0.267. The predicted octanol–water partition coefficient (Wildman–Crippen LogP) is 3.14. The fourth-order valence-electron chi connectivity index (χ4n) is 2.25. The molecule has 22 heavy (non-hydrogen) atoms. The lowest BCUT2D eigenvalue weighted by atomic mass is 10.2. The van der Waals surface area contributed by atoms with Gasteiger partial charge in [-0.25, -0.2) is 19.3 Å². The highest BCUT2D eigenvalue weighted by Gasteiger charge is 2.13. The van der Waals surface area contributed by atoms with Crippen molar-refractivity contribution in [1.82, 2.24) is 19.5 Å². The van der Waals surface area contributed by atoms with Crippen LogP contribution in [0.25, 0.3) is 22.9 Å². The van der Waals surface area contributed by atoms with Gasteiger partial charge in [0.15, 0.2) is 11.6 Å². The molecule has 0 bridgehead atoms. The minimum atomic E-state index is -0.267. The van der Waals surface area contributed by atoms with Crippen LogP contribution >= 0.6 is 0 Å². The van der Waals surface area contributed by atoms with Crippen molar-refractivity contribution in [2.45, 2.75) is 19.9 Å². The summed E-state index contributed by atoms with van der Waals surface area (Å²) in [5, 5.41) is 0. The molecule has 3 rings (SSSR count). The third-order valence-corrected chi connectivity index (χ3v) is 3.26. The largest absolute Gasteiger partial charge is 0.384 e. The molecular weight excluding hydrogens is 281 g/mol. The summed E-state index contributed by atoms with van der Waals surface area (Å²) in [6.07, 6.45) is 4.49. The summed E-state index contributed by atoms with van der Waals surface area (Å²) < 4.78 is 15.1. The van der Waals surface area contributed by atoms with E-state index in [1.54, 1.807) is 24.4 Å². The summed E-state index contributed by atoms with van der Waals surface area (Å²) >= 11 is 0. The van der Waals surface area contributed by atoms with Gasteiger partial charge in [-0.3, -0.25) is 0 Å². The normalized spacial score (nSPS) is 10.8. The van der Waals surface area contributed by atoms with E-state index in [4.69, 9.17) is 5.73 Å².